The molecule has 0 aliphatic rings. The van der Waals surface area contributed by atoms with Crippen molar-refractivity contribution in [1.29, 1.82) is 0 Å². The number of benzene rings is 1. The number of nitrogens with zero attached hydrogens (tertiary/aromatic N) is 2. The third kappa shape index (κ3) is 5.68. The molecule has 10 heteroatoms. The molecule has 3 aromatic rings. The van der Waals surface area contributed by atoms with Crippen LogP contribution in [0.4, 0.5) is 14.6 Å². The molecule has 0 bridgehead atoms. The molecular weight excluding hydrogens is 440 g/mol. The van der Waals surface area contributed by atoms with Crippen molar-refractivity contribution in [1.82, 2.24) is 10.3 Å². The number of carbonyl (C=O) groups is 1. The summed E-state index contributed by atoms with van der Waals surface area (Å²) in [5.41, 5.74) is 7.14. The minimum atomic E-state index is -3.28. The molecule has 168 valence electrons. The number of hydrogen-bond acceptors (Lipinski definition) is 5. The van der Waals surface area contributed by atoms with Gasteiger partial charge in [-0.15, -0.1) is 0 Å². The van der Waals surface area contributed by atoms with E-state index in [0.29, 0.717) is 11.3 Å². The van der Waals surface area contributed by atoms with E-state index >= 15 is 0 Å². The Bertz CT molecular complexity index is 1080. The van der Waals surface area contributed by atoms with Gasteiger partial charge in [0.2, 0.25) is 5.91 Å². The van der Waals surface area contributed by atoms with E-state index in [1.165, 1.54) is 30.5 Å². The van der Waals surface area contributed by atoms with Crippen LogP contribution in [0.15, 0.2) is 60.8 Å². The number of alkyl halides is 2. The van der Waals surface area contributed by atoms with E-state index in [2.05, 4.69) is 15.6 Å². The summed E-state index contributed by atoms with van der Waals surface area (Å²) < 4.78 is 29.3. The first-order valence-corrected chi connectivity index (χ1v) is 10.2. The summed E-state index contributed by atoms with van der Waals surface area (Å²) in [5, 5.41) is 15.8. The highest BCUT2D eigenvalue weighted by atomic mass is 35.5. The van der Waals surface area contributed by atoms with Crippen LogP contribution in [0, 0.1) is 0 Å². The molecule has 0 saturated carbocycles. The second-order valence-electron chi connectivity index (χ2n) is 7.02. The molecule has 0 aliphatic heterocycles. The fourth-order valence-corrected chi connectivity index (χ4v) is 3.28. The van der Waals surface area contributed by atoms with E-state index in [0.717, 1.165) is 11.1 Å². The van der Waals surface area contributed by atoms with Crippen molar-refractivity contribution in [2.75, 3.05) is 11.9 Å². The lowest BCUT2D eigenvalue weighted by Gasteiger charge is -2.14. The Balaban J connectivity index is 1.67. The SMILES string of the molecule is NCc1ccccc1CNC(=O)Cc1c(Cl)ccc(NCC(F)(F)c2ccccn2)[n+]1O. The quantitative estimate of drug-likeness (QED) is 0.289. The summed E-state index contributed by atoms with van der Waals surface area (Å²) >= 11 is 6.13. The monoisotopic (exact) mass is 462 g/mol. The van der Waals surface area contributed by atoms with E-state index < -0.39 is 24.1 Å². The first-order chi connectivity index (χ1) is 15.3. The zero-order valence-corrected chi connectivity index (χ0v) is 17.8. The topological polar surface area (TPSA) is 104 Å². The van der Waals surface area contributed by atoms with Gasteiger partial charge in [0.1, 0.15) is 5.69 Å². The Hall–Kier alpha value is -3.30. The summed E-state index contributed by atoms with van der Waals surface area (Å²) in [5.74, 6) is -3.72. The lowest BCUT2D eigenvalue weighted by atomic mass is 10.1. The molecule has 0 saturated heterocycles. The molecule has 5 N–H and O–H groups in total. The van der Waals surface area contributed by atoms with Gasteiger partial charge in [0, 0.05) is 25.4 Å². The molecule has 0 aliphatic carbocycles. The van der Waals surface area contributed by atoms with Gasteiger partial charge in [0.05, 0.1) is 11.4 Å². The maximum atomic E-state index is 14.4. The summed E-state index contributed by atoms with van der Waals surface area (Å²) in [6, 6.07) is 14.4. The molecule has 3 rings (SSSR count). The molecule has 2 aromatic heterocycles. The van der Waals surface area contributed by atoms with E-state index in [9.17, 15) is 18.8 Å². The molecule has 0 spiro atoms. The number of rotatable bonds is 9. The number of anilines is 1. The summed E-state index contributed by atoms with van der Waals surface area (Å²) in [6.07, 6.45) is 1.02. The van der Waals surface area contributed by atoms with E-state index in [-0.39, 0.29) is 29.5 Å². The number of carbonyl (C=O) groups excluding carboxylic acids is 1. The van der Waals surface area contributed by atoms with Crippen molar-refractivity contribution in [3.05, 3.63) is 88.3 Å². The number of amides is 1. The lowest BCUT2D eigenvalue weighted by molar-refractivity contribution is -0.898. The third-order valence-corrected chi connectivity index (χ3v) is 5.16. The number of nitrogens with two attached hydrogens (primary N) is 1. The van der Waals surface area contributed by atoms with Gasteiger partial charge in [-0.1, -0.05) is 41.9 Å². The minimum absolute atomic E-state index is 0.0405. The molecule has 7 nitrogen and oxygen atoms in total. The number of aromatic nitrogens is 2. The van der Waals surface area contributed by atoms with Gasteiger partial charge >= 0.3 is 11.7 Å². The van der Waals surface area contributed by atoms with Crippen LogP contribution < -0.4 is 21.1 Å². The van der Waals surface area contributed by atoms with Gasteiger partial charge in [0.25, 0.3) is 0 Å². The number of hydrogen-bond donors (Lipinski definition) is 4. The second-order valence-corrected chi connectivity index (χ2v) is 7.43. The average Bonchev–Trinajstić information content (AvgIpc) is 2.80. The van der Waals surface area contributed by atoms with Crippen LogP contribution >= 0.6 is 11.6 Å². The van der Waals surface area contributed by atoms with Crippen molar-refractivity contribution in [3.63, 3.8) is 0 Å². The molecule has 0 radical (unpaired) electrons. The Labute approximate surface area is 188 Å². The zero-order chi connectivity index (χ0) is 23.1. The Morgan fingerprint density at radius 3 is 2.53 bits per heavy atom. The van der Waals surface area contributed by atoms with Crippen LogP contribution in [-0.4, -0.2) is 22.6 Å². The first kappa shape index (κ1) is 23.4. The predicted molar refractivity (Wildman–Crippen MR) is 115 cm³/mol. The molecular formula is C22H23ClF2N5O2+. The van der Waals surface area contributed by atoms with Gasteiger partial charge in [0.15, 0.2) is 12.2 Å². The lowest BCUT2D eigenvalue weighted by Crippen LogP contribution is -2.42. The summed E-state index contributed by atoms with van der Waals surface area (Å²) in [7, 11) is 0. The fraction of sp³-hybridized carbons (Fsp3) is 0.227. The Morgan fingerprint density at radius 2 is 1.84 bits per heavy atom. The van der Waals surface area contributed by atoms with Gasteiger partial charge in [-0.05, 0) is 34.1 Å². The molecule has 2 heterocycles. The largest absolute Gasteiger partial charge is 0.352 e. The first-order valence-electron chi connectivity index (χ1n) is 9.81. The minimum Gasteiger partial charge on any atom is -0.352 e. The Morgan fingerprint density at radius 1 is 1.12 bits per heavy atom. The highest BCUT2D eigenvalue weighted by molar-refractivity contribution is 6.31. The van der Waals surface area contributed by atoms with Crippen molar-refractivity contribution in [2.24, 2.45) is 5.73 Å². The highest BCUT2D eigenvalue weighted by Crippen LogP contribution is 2.26. The van der Waals surface area contributed by atoms with Gasteiger partial charge < -0.3 is 16.3 Å². The summed E-state index contributed by atoms with van der Waals surface area (Å²) in [6.45, 7) is -0.220. The summed E-state index contributed by atoms with van der Waals surface area (Å²) in [4.78, 5) is 16.1. The number of nitrogens with one attached hydrogen (secondary N) is 2. The van der Waals surface area contributed by atoms with Crippen molar-refractivity contribution in [2.45, 2.75) is 25.4 Å². The van der Waals surface area contributed by atoms with Crippen LogP contribution in [0.2, 0.25) is 5.02 Å². The zero-order valence-electron chi connectivity index (χ0n) is 17.1. The van der Waals surface area contributed by atoms with Crippen molar-refractivity contribution >= 4 is 23.3 Å². The maximum absolute atomic E-state index is 14.4. The van der Waals surface area contributed by atoms with Crippen molar-refractivity contribution < 1.29 is 23.5 Å². The number of pyridine rings is 2. The van der Waals surface area contributed by atoms with Crippen LogP contribution in [0.1, 0.15) is 22.5 Å². The van der Waals surface area contributed by atoms with Crippen LogP contribution in [0.3, 0.4) is 0 Å². The van der Waals surface area contributed by atoms with Crippen LogP contribution in [0.25, 0.3) is 0 Å². The molecule has 0 fully saturated rings. The Kier molecular flexibility index (Phi) is 7.55. The predicted octanol–water partition coefficient (Wildman–Crippen LogP) is 2.78. The average molecular weight is 463 g/mol. The molecule has 32 heavy (non-hydrogen) atoms. The van der Waals surface area contributed by atoms with E-state index in [4.69, 9.17) is 17.3 Å². The van der Waals surface area contributed by atoms with Gasteiger partial charge in [-0.25, -0.2) is 0 Å². The normalized spacial score (nSPS) is 11.2. The van der Waals surface area contributed by atoms with E-state index in [1.807, 2.05) is 24.3 Å². The van der Waals surface area contributed by atoms with Gasteiger partial charge in [-0.3, -0.25) is 15.1 Å². The third-order valence-electron chi connectivity index (χ3n) is 4.82. The molecule has 0 atom stereocenters. The number of halogens is 3. The maximum Gasteiger partial charge on any atom is 0.325 e. The fourth-order valence-electron chi connectivity index (χ4n) is 3.07. The molecule has 1 amide bonds. The molecule has 0 unspecified atom stereocenters. The van der Waals surface area contributed by atoms with Crippen LogP contribution in [0.5, 0.6) is 0 Å². The highest BCUT2D eigenvalue weighted by Gasteiger charge is 2.36. The van der Waals surface area contributed by atoms with Crippen LogP contribution in [-0.2, 0) is 30.2 Å². The van der Waals surface area contributed by atoms with Gasteiger partial charge in [-0.2, -0.15) is 8.78 Å². The second kappa shape index (κ2) is 10.3. The smallest absolute Gasteiger partial charge is 0.325 e. The van der Waals surface area contributed by atoms with Crippen molar-refractivity contribution in [3.8, 4) is 0 Å². The standard InChI is InChI=1S/C22H22ClF2N5O2/c23-17-8-9-20(29-14-22(24,25)19-7-3-4-10-27-19)30(32)18(17)11-21(31)28-13-16-6-2-1-5-15(16)12-26/h1-10,32H,11-14,26H2,(H,28,31)/p+1. The van der Waals surface area contributed by atoms with E-state index in [1.54, 1.807) is 6.07 Å². The molecule has 1 aromatic carbocycles.